The molecule has 22 heavy (non-hydrogen) atoms. The van der Waals surface area contributed by atoms with Gasteiger partial charge in [-0.3, -0.25) is 4.79 Å². The number of amides is 1. The topological polar surface area (TPSA) is 38.3 Å². The summed E-state index contributed by atoms with van der Waals surface area (Å²) in [6, 6.07) is 13.5. The summed E-state index contributed by atoms with van der Waals surface area (Å²) in [5.41, 5.74) is 1.66. The molecule has 2 aromatic rings. The predicted molar refractivity (Wildman–Crippen MR) is 85.6 cm³/mol. The Morgan fingerprint density at radius 3 is 2.59 bits per heavy atom. The first-order chi connectivity index (χ1) is 10.6. The molecule has 4 heteroatoms. The number of hydrogen-bond donors (Lipinski definition) is 1. The number of carbonyl (C=O) groups excluding carboxylic acids is 1. The SMILES string of the molecule is CCCc1ccc(OC(C)C(=O)Nc2cccc(F)c2)cc1. The lowest BCUT2D eigenvalue weighted by atomic mass is 10.1. The van der Waals surface area contributed by atoms with Gasteiger partial charge in [0.25, 0.3) is 5.91 Å². The molecule has 0 aliphatic rings. The van der Waals surface area contributed by atoms with Crippen LogP contribution in [0, 0.1) is 5.82 Å². The van der Waals surface area contributed by atoms with E-state index in [4.69, 9.17) is 4.74 Å². The Morgan fingerprint density at radius 1 is 1.23 bits per heavy atom. The molecule has 0 radical (unpaired) electrons. The summed E-state index contributed by atoms with van der Waals surface area (Å²) >= 11 is 0. The van der Waals surface area contributed by atoms with Crippen molar-refractivity contribution >= 4 is 11.6 Å². The molecule has 1 atom stereocenters. The molecular formula is C18H20FNO2. The Morgan fingerprint density at radius 2 is 1.95 bits per heavy atom. The number of rotatable bonds is 6. The minimum Gasteiger partial charge on any atom is -0.481 e. The second-order valence-electron chi connectivity index (χ2n) is 5.15. The van der Waals surface area contributed by atoms with Gasteiger partial charge in [-0.1, -0.05) is 31.5 Å². The van der Waals surface area contributed by atoms with Gasteiger partial charge in [-0.15, -0.1) is 0 Å². The van der Waals surface area contributed by atoms with Crippen LogP contribution in [0.4, 0.5) is 10.1 Å². The highest BCUT2D eigenvalue weighted by atomic mass is 19.1. The second kappa shape index (κ2) is 7.59. The summed E-state index contributed by atoms with van der Waals surface area (Å²) in [6.07, 6.45) is 1.45. The molecule has 1 N–H and O–H groups in total. The monoisotopic (exact) mass is 301 g/mol. The normalized spacial score (nSPS) is 11.8. The van der Waals surface area contributed by atoms with Crippen LogP contribution in [0.1, 0.15) is 25.8 Å². The molecule has 0 aliphatic heterocycles. The van der Waals surface area contributed by atoms with Crippen LogP contribution in [-0.2, 0) is 11.2 Å². The van der Waals surface area contributed by atoms with Crippen molar-refractivity contribution in [1.82, 2.24) is 0 Å². The summed E-state index contributed by atoms with van der Waals surface area (Å²) in [5, 5.41) is 2.63. The number of nitrogens with one attached hydrogen (secondary N) is 1. The quantitative estimate of drug-likeness (QED) is 0.869. The Hall–Kier alpha value is -2.36. The van der Waals surface area contributed by atoms with Gasteiger partial charge >= 0.3 is 0 Å². The molecule has 1 amide bonds. The lowest BCUT2D eigenvalue weighted by Crippen LogP contribution is -2.30. The third-order valence-corrected chi connectivity index (χ3v) is 3.24. The van der Waals surface area contributed by atoms with Crippen LogP contribution in [0.25, 0.3) is 0 Å². The highest BCUT2D eigenvalue weighted by Gasteiger charge is 2.15. The molecule has 0 saturated heterocycles. The second-order valence-corrected chi connectivity index (χ2v) is 5.15. The van der Waals surface area contributed by atoms with Gasteiger partial charge in [-0.2, -0.15) is 0 Å². The average Bonchev–Trinajstić information content (AvgIpc) is 2.49. The van der Waals surface area contributed by atoms with Crippen LogP contribution >= 0.6 is 0 Å². The first-order valence-corrected chi connectivity index (χ1v) is 7.40. The van der Waals surface area contributed by atoms with Gasteiger partial charge in [0.05, 0.1) is 0 Å². The number of anilines is 1. The first-order valence-electron chi connectivity index (χ1n) is 7.40. The maximum atomic E-state index is 13.1. The Balaban J connectivity index is 1.93. The number of hydrogen-bond acceptors (Lipinski definition) is 2. The zero-order valence-electron chi connectivity index (χ0n) is 12.8. The maximum Gasteiger partial charge on any atom is 0.265 e. The third kappa shape index (κ3) is 4.58. The van der Waals surface area contributed by atoms with Gasteiger partial charge in [0.15, 0.2) is 6.10 Å². The van der Waals surface area contributed by atoms with Crippen LogP contribution in [0.3, 0.4) is 0 Å². The summed E-state index contributed by atoms with van der Waals surface area (Å²) in [7, 11) is 0. The standard InChI is InChI=1S/C18H20FNO2/c1-3-5-14-8-10-17(11-9-14)22-13(2)18(21)20-16-7-4-6-15(19)12-16/h4,6-13H,3,5H2,1-2H3,(H,20,21). The van der Waals surface area contributed by atoms with E-state index in [2.05, 4.69) is 12.2 Å². The molecule has 3 nitrogen and oxygen atoms in total. The van der Waals surface area contributed by atoms with E-state index in [0.29, 0.717) is 11.4 Å². The minimum absolute atomic E-state index is 0.316. The highest BCUT2D eigenvalue weighted by Crippen LogP contribution is 2.16. The van der Waals surface area contributed by atoms with Crippen molar-refractivity contribution < 1.29 is 13.9 Å². The van der Waals surface area contributed by atoms with Crippen molar-refractivity contribution in [1.29, 1.82) is 0 Å². The molecule has 0 bridgehead atoms. The molecule has 116 valence electrons. The van der Waals surface area contributed by atoms with E-state index in [1.54, 1.807) is 19.1 Å². The fraction of sp³-hybridized carbons (Fsp3) is 0.278. The lowest BCUT2D eigenvalue weighted by Gasteiger charge is -2.15. The van der Waals surface area contributed by atoms with Crippen LogP contribution in [-0.4, -0.2) is 12.0 Å². The zero-order chi connectivity index (χ0) is 15.9. The molecule has 0 aliphatic carbocycles. The molecular weight excluding hydrogens is 281 g/mol. The van der Waals surface area contributed by atoms with E-state index >= 15 is 0 Å². The van der Waals surface area contributed by atoms with Crippen LogP contribution in [0.15, 0.2) is 48.5 Å². The number of carbonyl (C=O) groups is 1. The van der Waals surface area contributed by atoms with E-state index in [9.17, 15) is 9.18 Å². The van der Waals surface area contributed by atoms with Crippen molar-refractivity contribution in [2.24, 2.45) is 0 Å². The minimum atomic E-state index is -0.666. The van der Waals surface area contributed by atoms with E-state index in [0.717, 1.165) is 12.8 Å². The molecule has 0 heterocycles. The molecule has 2 aromatic carbocycles. The van der Waals surface area contributed by atoms with Gasteiger partial charge in [0.2, 0.25) is 0 Å². The Kier molecular flexibility index (Phi) is 5.53. The highest BCUT2D eigenvalue weighted by molar-refractivity contribution is 5.94. The van der Waals surface area contributed by atoms with Gasteiger partial charge in [-0.25, -0.2) is 4.39 Å². The van der Waals surface area contributed by atoms with Crippen molar-refractivity contribution in [2.75, 3.05) is 5.32 Å². The van der Waals surface area contributed by atoms with Crippen LogP contribution in [0.5, 0.6) is 5.75 Å². The largest absolute Gasteiger partial charge is 0.481 e. The van der Waals surface area contributed by atoms with Crippen molar-refractivity contribution in [3.8, 4) is 5.75 Å². The maximum absolute atomic E-state index is 13.1. The van der Waals surface area contributed by atoms with Crippen molar-refractivity contribution in [3.05, 3.63) is 59.9 Å². The average molecular weight is 301 g/mol. The van der Waals surface area contributed by atoms with Crippen molar-refractivity contribution in [3.63, 3.8) is 0 Å². The zero-order valence-corrected chi connectivity index (χ0v) is 12.8. The molecule has 1 unspecified atom stereocenters. The number of halogens is 1. The molecule has 0 saturated carbocycles. The summed E-state index contributed by atoms with van der Waals surface area (Å²) in [6.45, 7) is 3.79. The number of aryl methyl sites for hydroxylation is 1. The molecule has 2 rings (SSSR count). The van der Waals surface area contributed by atoms with Gasteiger partial charge in [-0.05, 0) is 49.2 Å². The third-order valence-electron chi connectivity index (χ3n) is 3.24. The fourth-order valence-corrected chi connectivity index (χ4v) is 2.09. The predicted octanol–water partition coefficient (Wildman–Crippen LogP) is 4.18. The summed E-state index contributed by atoms with van der Waals surface area (Å²) in [5.74, 6) is -0.0668. The number of ether oxygens (including phenoxy) is 1. The van der Waals surface area contributed by atoms with Crippen LogP contribution in [0.2, 0.25) is 0 Å². The lowest BCUT2D eigenvalue weighted by molar-refractivity contribution is -0.122. The smallest absolute Gasteiger partial charge is 0.265 e. The first kappa shape index (κ1) is 16.0. The van der Waals surface area contributed by atoms with Gasteiger partial charge in [0.1, 0.15) is 11.6 Å². The van der Waals surface area contributed by atoms with E-state index < -0.39 is 11.9 Å². The van der Waals surface area contributed by atoms with Crippen molar-refractivity contribution in [2.45, 2.75) is 32.8 Å². The molecule has 0 fully saturated rings. The molecule has 0 aromatic heterocycles. The van der Waals surface area contributed by atoms with E-state index in [-0.39, 0.29) is 5.91 Å². The van der Waals surface area contributed by atoms with Gasteiger partial charge < -0.3 is 10.1 Å². The van der Waals surface area contributed by atoms with Gasteiger partial charge in [0, 0.05) is 5.69 Å². The van der Waals surface area contributed by atoms with E-state index in [1.165, 1.54) is 17.7 Å². The summed E-state index contributed by atoms with van der Waals surface area (Å²) in [4.78, 5) is 12.0. The fourth-order valence-electron chi connectivity index (χ4n) is 2.09. The molecule has 0 spiro atoms. The van der Waals surface area contributed by atoms with E-state index in [1.807, 2.05) is 24.3 Å². The Bertz CT molecular complexity index is 625. The summed E-state index contributed by atoms with van der Waals surface area (Å²) < 4.78 is 18.7. The Labute approximate surface area is 130 Å². The number of benzene rings is 2. The van der Waals surface area contributed by atoms with Crippen LogP contribution < -0.4 is 10.1 Å².